The SMILES string of the molecule is Cc1ccc(C(=O)[C@H](C)Oc2ccccc2C(=O)Nc2ccccc2)cc1. The standard InChI is InChI=1S/C23H21NO3/c1-16-12-14-18(15-13-16)22(25)17(2)27-21-11-7-6-10-20(21)23(26)24-19-8-4-3-5-9-19/h3-15,17H,1-2H3,(H,24,26)/t17-/m0/s1. The van der Waals surface area contributed by atoms with Gasteiger partial charge in [0.25, 0.3) is 5.91 Å². The summed E-state index contributed by atoms with van der Waals surface area (Å²) in [6.07, 6.45) is -0.710. The first-order valence-corrected chi connectivity index (χ1v) is 8.77. The van der Waals surface area contributed by atoms with Crippen molar-refractivity contribution >= 4 is 17.4 Å². The van der Waals surface area contributed by atoms with Crippen molar-refractivity contribution in [3.63, 3.8) is 0 Å². The fourth-order valence-corrected chi connectivity index (χ4v) is 2.67. The molecule has 27 heavy (non-hydrogen) atoms. The number of ether oxygens (including phenoxy) is 1. The van der Waals surface area contributed by atoms with Crippen molar-refractivity contribution in [2.75, 3.05) is 5.32 Å². The Morgan fingerprint density at radius 2 is 1.48 bits per heavy atom. The summed E-state index contributed by atoms with van der Waals surface area (Å²) in [4.78, 5) is 25.2. The van der Waals surface area contributed by atoms with Crippen molar-refractivity contribution in [1.82, 2.24) is 0 Å². The number of carbonyl (C=O) groups is 2. The van der Waals surface area contributed by atoms with Crippen LogP contribution in [0.4, 0.5) is 5.69 Å². The number of para-hydroxylation sites is 2. The predicted octanol–water partition coefficient (Wildman–Crippen LogP) is 4.90. The summed E-state index contributed by atoms with van der Waals surface area (Å²) in [6.45, 7) is 3.66. The second-order valence-corrected chi connectivity index (χ2v) is 6.31. The molecule has 0 unspecified atom stereocenters. The van der Waals surface area contributed by atoms with Gasteiger partial charge in [-0.1, -0.05) is 60.2 Å². The molecule has 0 aliphatic carbocycles. The van der Waals surface area contributed by atoms with E-state index in [0.29, 0.717) is 22.6 Å². The fraction of sp³-hybridized carbons (Fsp3) is 0.130. The van der Waals surface area contributed by atoms with Crippen LogP contribution >= 0.6 is 0 Å². The van der Waals surface area contributed by atoms with Crippen molar-refractivity contribution in [2.24, 2.45) is 0 Å². The van der Waals surface area contributed by atoms with E-state index in [4.69, 9.17) is 4.74 Å². The van der Waals surface area contributed by atoms with Gasteiger partial charge in [0.1, 0.15) is 5.75 Å². The molecule has 0 fully saturated rings. The van der Waals surface area contributed by atoms with E-state index in [1.807, 2.05) is 49.4 Å². The molecule has 0 aliphatic rings. The topological polar surface area (TPSA) is 55.4 Å². The minimum atomic E-state index is -0.710. The van der Waals surface area contributed by atoms with E-state index >= 15 is 0 Å². The number of carbonyl (C=O) groups excluding carboxylic acids is 2. The zero-order valence-electron chi connectivity index (χ0n) is 15.3. The number of benzene rings is 3. The van der Waals surface area contributed by atoms with Gasteiger partial charge in [0.2, 0.25) is 5.78 Å². The molecule has 0 bridgehead atoms. The Bertz CT molecular complexity index is 933. The lowest BCUT2D eigenvalue weighted by molar-refractivity contribution is 0.0812. The first-order valence-electron chi connectivity index (χ1n) is 8.77. The van der Waals surface area contributed by atoms with E-state index in [-0.39, 0.29) is 11.7 Å². The second kappa shape index (κ2) is 8.32. The van der Waals surface area contributed by atoms with Gasteiger partial charge in [-0.25, -0.2) is 0 Å². The molecule has 0 spiro atoms. The average molecular weight is 359 g/mol. The maximum atomic E-state index is 12.6. The van der Waals surface area contributed by atoms with Crippen LogP contribution in [0.2, 0.25) is 0 Å². The van der Waals surface area contributed by atoms with E-state index in [1.54, 1.807) is 43.3 Å². The minimum Gasteiger partial charge on any atom is -0.482 e. The van der Waals surface area contributed by atoms with E-state index in [2.05, 4.69) is 5.32 Å². The number of hydrogen-bond donors (Lipinski definition) is 1. The highest BCUT2D eigenvalue weighted by molar-refractivity contribution is 6.06. The summed E-state index contributed by atoms with van der Waals surface area (Å²) >= 11 is 0. The highest BCUT2D eigenvalue weighted by Crippen LogP contribution is 2.22. The quantitative estimate of drug-likeness (QED) is 0.637. The van der Waals surface area contributed by atoms with Crippen molar-refractivity contribution < 1.29 is 14.3 Å². The molecule has 3 aromatic rings. The minimum absolute atomic E-state index is 0.131. The molecular formula is C23H21NO3. The molecule has 0 aliphatic heterocycles. The zero-order chi connectivity index (χ0) is 19.2. The average Bonchev–Trinajstić information content (AvgIpc) is 2.69. The summed E-state index contributed by atoms with van der Waals surface area (Å²) in [7, 11) is 0. The number of ketones is 1. The van der Waals surface area contributed by atoms with E-state index < -0.39 is 6.10 Å². The molecule has 0 aromatic heterocycles. The van der Waals surface area contributed by atoms with Gasteiger partial charge in [-0.3, -0.25) is 9.59 Å². The third-order valence-electron chi connectivity index (χ3n) is 4.17. The fourth-order valence-electron chi connectivity index (χ4n) is 2.67. The van der Waals surface area contributed by atoms with Gasteiger partial charge in [-0.15, -0.1) is 0 Å². The normalized spacial score (nSPS) is 11.5. The number of amides is 1. The van der Waals surface area contributed by atoms with Gasteiger partial charge < -0.3 is 10.1 Å². The monoisotopic (exact) mass is 359 g/mol. The smallest absolute Gasteiger partial charge is 0.259 e. The van der Waals surface area contributed by atoms with Gasteiger partial charge in [-0.2, -0.15) is 0 Å². The molecule has 1 amide bonds. The molecular weight excluding hydrogens is 338 g/mol. The molecule has 0 heterocycles. The highest BCUT2D eigenvalue weighted by Gasteiger charge is 2.20. The first kappa shape index (κ1) is 18.4. The number of aryl methyl sites for hydroxylation is 1. The van der Waals surface area contributed by atoms with Crippen LogP contribution in [-0.4, -0.2) is 17.8 Å². The van der Waals surface area contributed by atoms with Gasteiger partial charge in [-0.05, 0) is 38.1 Å². The lowest BCUT2D eigenvalue weighted by Crippen LogP contribution is -2.25. The Kier molecular flexibility index (Phi) is 5.67. The molecule has 0 saturated heterocycles. The van der Waals surface area contributed by atoms with Crippen molar-refractivity contribution in [3.8, 4) is 5.75 Å². The Balaban J connectivity index is 1.76. The van der Waals surface area contributed by atoms with Crippen LogP contribution in [0.25, 0.3) is 0 Å². The number of Topliss-reactive ketones (excluding diaryl/α,β-unsaturated/α-hetero) is 1. The summed E-state index contributed by atoms with van der Waals surface area (Å²) in [5, 5.41) is 2.84. The molecule has 136 valence electrons. The van der Waals surface area contributed by atoms with Crippen molar-refractivity contribution in [3.05, 3.63) is 95.6 Å². The Morgan fingerprint density at radius 1 is 0.852 bits per heavy atom. The third kappa shape index (κ3) is 4.61. The first-order chi connectivity index (χ1) is 13.0. The Labute approximate surface area is 158 Å². The summed E-state index contributed by atoms with van der Waals surface area (Å²) < 4.78 is 5.84. The maximum absolute atomic E-state index is 12.6. The van der Waals surface area contributed by atoms with E-state index in [0.717, 1.165) is 5.56 Å². The molecule has 3 rings (SSSR count). The maximum Gasteiger partial charge on any atom is 0.259 e. The molecule has 4 heteroatoms. The lowest BCUT2D eigenvalue weighted by atomic mass is 10.1. The molecule has 1 N–H and O–H groups in total. The second-order valence-electron chi connectivity index (χ2n) is 6.31. The number of nitrogens with one attached hydrogen (secondary N) is 1. The van der Waals surface area contributed by atoms with Gasteiger partial charge in [0.15, 0.2) is 6.10 Å². The van der Waals surface area contributed by atoms with Crippen LogP contribution in [0.5, 0.6) is 5.75 Å². The van der Waals surface area contributed by atoms with Crippen molar-refractivity contribution in [1.29, 1.82) is 0 Å². The Hall–Kier alpha value is -3.40. The zero-order valence-corrected chi connectivity index (χ0v) is 15.3. The predicted molar refractivity (Wildman–Crippen MR) is 106 cm³/mol. The van der Waals surface area contributed by atoms with E-state index in [1.165, 1.54) is 0 Å². The largest absolute Gasteiger partial charge is 0.482 e. The highest BCUT2D eigenvalue weighted by atomic mass is 16.5. The molecule has 0 radical (unpaired) electrons. The van der Waals surface area contributed by atoms with Gasteiger partial charge >= 0.3 is 0 Å². The molecule has 1 atom stereocenters. The van der Waals surface area contributed by atoms with Gasteiger partial charge in [0, 0.05) is 11.3 Å². The number of anilines is 1. The van der Waals surface area contributed by atoms with E-state index in [9.17, 15) is 9.59 Å². The van der Waals surface area contributed by atoms with Crippen LogP contribution in [0.15, 0.2) is 78.9 Å². The molecule has 0 saturated carbocycles. The van der Waals surface area contributed by atoms with Crippen LogP contribution in [-0.2, 0) is 0 Å². The number of rotatable bonds is 6. The van der Waals surface area contributed by atoms with Crippen LogP contribution in [0, 0.1) is 6.92 Å². The van der Waals surface area contributed by atoms with Crippen LogP contribution in [0.3, 0.4) is 0 Å². The third-order valence-corrected chi connectivity index (χ3v) is 4.17. The van der Waals surface area contributed by atoms with Gasteiger partial charge in [0.05, 0.1) is 5.56 Å². The molecule has 4 nitrogen and oxygen atoms in total. The van der Waals surface area contributed by atoms with Crippen molar-refractivity contribution in [2.45, 2.75) is 20.0 Å². The van der Waals surface area contributed by atoms with Crippen LogP contribution < -0.4 is 10.1 Å². The van der Waals surface area contributed by atoms with Crippen LogP contribution in [0.1, 0.15) is 33.2 Å². The summed E-state index contributed by atoms with van der Waals surface area (Å²) in [5.74, 6) is -0.0426. The number of hydrogen-bond acceptors (Lipinski definition) is 3. The summed E-state index contributed by atoms with van der Waals surface area (Å²) in [6, 6.07) is 23.5. The summed E-state index contributed by atoms with van der Waals surface area (Å²) in [5.41, 5.74) is 2.74. The Morgan fingerprint density at radius 3 is 2.19 bits per heavy atom. The molecule has 3 aromatic carbocycles. The lowest BCUT2D eigenvalue weighted by Gasteiger charge is -2.16.